The average molecular weight is 372 g/mol. The van der Waals surface area contributed by atoms with Crippen molar-refractivity contribution in [2.75, 3.05) is 0 Å². The second-order valence-corrected chi connectivity index (χ2v) is 6.09. The van der Waals surface area contributed by atoms with E-state index < -0.39 is 5.97 Å². The summed E-state index contributed by atoms with van der Waals surface area (Å²) in [7, 11) is 0. The molecule has 2 N–H and O–H groups in total. The van der Waals surface area contributed by atoms with Gasteiger partial charge < -0.3 is 10.2 Å². The van der Waals surface area contributed by atoms with E-state index in [2.05, 4.69) is 6.92 Å². The van der Waals surface area contributed by atoms with E-state index >= 15 is 0 Å². The van der Waals surface area contributed by atoms with Gasteiger partial charge in [0, 0.05) is 19.5 Å². The predicted octanol–water partition coefficient (Wildman–Crippen LogP) is 5.55. The van der Waals surface area contributed by atoms with Gasteiger partial charge in [-0.25, -0.2) is 4.79 Å². The van der Waals surface area contributed by atoms with Gasteiger partial charge in [0.1, 0.15) is 11.3 Å². The normalized spacial score (nSPS) is 10.3. The van der Waals surface area contributed by atoms with Crippen LogP contribution in [0.25, 0.3) is 0 Å². The van der Waals surface area contributed by atoms with Gasteiger partial charge in [-0.3, -0.25) is 0 Å². The summed E-state index contributed by atoms with van der Waals surface area (Å²) in [6.45, 7) is 2.24. The number of aryl methyl sites for hydroxylation is 1. The smallest absolute Gasteiger partial charge is 0.339 e. The van der Waals surface area contributed by atoms with Gasteiger partial charge >= 0.3 is 5.97 Å². The third kappa shape index (κ3) is 9.76. The van der Waals surface area contributed by atoms with Crippen molar-refractivity contribution in [2.24, 2.45) is 0 Å². The Morgan fingerprint density at radius 3 is 1.96 bits per heavy atom. The summed E-state index contributed by atoms with van der Waals surface area (Å²) in [6, 6.07) is 4.88. The number of aromatic carboxylic acids is 1. The topological polar surface area (TPSA) is 57.5 Å². The molecule has 0 heterocycles. The van der Waals surface area contributed by atoms with Crippen molar-refractivity contribution in [3.05, 3.63) is 29.3 Å². The molecular formula is C19H30O3Zn. The average Bonchev–Trinajstić information content (AvgIpc) is 2.50. The quantitative estimate of drug-likeness (QED) is 0.374. The molecule has 0 bridgehead atoms. The molecule has 0 atom stereocenters. The SMILES string of the molecule is CCCCCCCCCCCCc1ccc(O)c(C(=O)O)c1.[Zn]. The zero-order chi connectivity index (χ0) is 16.2. The maximum absolute atomic E-state index is 11.0. The molecule has 0 amide bonds. The molecule has 126 valence electrons. The summed E-state index contributed by atoms with van der Waals surface area (Å²) in [4.78, 5) is 11.0. The maximum atomic E-state index is 11.0. The third-order valence-electron chi connectivity index (χ3n) is 4.11. The fourth-order valence-electron chi connectivity index (χ4n) is 2.73. The van der Waals surface area contributed by atoms with Crippen LogP contribution in [0.15, 0.2) is 18.2 Å². The Labute approximate surface area is 153 Å². The van der Waals surface area contributed by atoms with Crippen LogP contribution in [0.3, 0.4) is 0 Å². The van der Waals surface area contributed by atoms with E-state index in [1.807, 2.05) is 6.07 Å². The molecule has 0 fully saturated rings. The van der Waals surface area contributed by atoms with Crippen molar-refractivity contribution >= 4 is 5.97 Å². The van der Waals surface area contributed by atoms with Gasteiger partial charge in [-0.2, -0.15) is 0 Å². The molecule has 0 saturated heterocycles. The number of hydrogen-bond acceptors (Lipinski definition) is 2. The molecule has 0 aromatic heterocycles. The molecule has 0 aliphatic heterocycles. The van der Waals surface area contributed by atoms with Crippen molar-refractivity contribution in [2.45, 2.75) is 77.6 Å². The zero-order valence-corrected chi connectivity index (χ0v) is 17.5. The van der Waals surface area contributed by atoms with Gasteiger partial charge in [-0.05, 0) is 30.5 Å². The first-order valence-corrected chi connectivity index (χ1v) is 8.70. The van der Waals surface area contributed by atoms with Crippen LogP contribution in [0.5, 0.6) is 5.75 Å². The minimum Gasteiger partial charge on any atom is -0.507 e. The first-order chi connectivity index (χ1) is 10.6. The first-order valence-electron chi connectivity index (χ1n) is 8.70. The number of carbonyl (C=O) groups is 1. The Balaban J connectivity index is 0.00000484. The van der Waals surface area contributed by atoms with Crippen molar-refractivity contribution < 1.29 is 34.5 Å². The first kappa shape index (κ1) is 22.1. The van der Waals surface area contributed by atoms with Crippen LogP contribution < -0.4 is 0 Å². The third-order valence-corrected chi connectivity index (χ3v) is 4.11. The molecule has 3 nitrogen and oxygen atoms in total. The fraction of sp³-hybridized carbons (Fsp3) is 0.632. The van der Waals surface area contributed by atoms with E-state index in [-0.39, 0.29) is 30.8 Å². The van der Waals surface area contributed by atoms with E-state index in [1.54, 1.807) is 6.07 Å². The Hall–Kier alpha value is -0.887. The number of aromatic hydroxyl groups is 1. The van der Waals surface area contributed by atoms with Crippen LogP contribution in [0.4, 0.5) is 0 Å². The Bertz CT molecular complexity index is 446. The Morgan fingerprint density at radius 2 is 1.43 bits per heavy atom. The molecule has 0 spiro atoms. The molecule has 0 aliphatic rings. The monoisotopic (exact) mass is 370 g/mol. The molecule has 0 saturated carbocycles. The summed E-state index contributed by atoms with van der Waals surface area (Å²) >= 11 is 0. The van der Waals surface area contributed by atoms with Crippen LogP contribution in [0.1, 0.15) is 87.1 Å². The molecule has 0 unspecified atom stereocenters. The molecule has 1 rings (SSSR count). The molecule has 0 radical (unpaired) electrons. The van der Waals surface area contributed by atoms with Gasteiger partial charge in [0.25, 0.3) is 0 Å². The fourth-order valence-corrected chi connectivity index (χ4v) is 2.73. The van der Waals surface area contributed by atoms with E-state index in [4.69, 9.17) is 5.11 Å². The minimum atomic E-state index is -1.07. The standard InChI is InChI=1S/C19H30O3.Zn/c1-2-3-4-5-6-7-8-9-10-11-12-16-13-14-18(20)17(15-16)19(21)22;/h13-15,20H,2-12H2,1H3,(H,21,22);. The number of carboxylic acids is 1. The van der Waals surface area contributed by atoms with Crippen LogP contribution in [-0.4, -0.2) is 16.2 Å². The van der Waals surface area contributed by atoms with Crippen molar-refractivity contribution in [1.29, 1.82) is 0 Å². The molecule has 23 heavy (non-hydrogen) atoms. The zero-order valence-electron chi connectivity index (χ0n) is 14.5. The van der Waals surface area contributed by atoms with Crippen LogP contribution in [0, 0.1) is 0 Å². The van der Waals surface area contributed by atoms with Gasteiger partial charge in [0.15, 0.2) is 0 Å². The summed E-state index contributed by atoms with van der Waals surface area (Å²) in [5.41, 5.74) is 0.999. The number of carboxylic acid groups (broad SMARTS) is 1. The molecule has 4 heteroatoms. The number of rotatable bonds is 12. The second kappa shape index (κ2) is 13.5. The molecular weight excluding hydrogens is 342 g/mol. The van der Waals surface area contributed by atoms with E-state index in [0.29, 0.717) is 0 Å². The van der Waals surface area contributed by atoms with Crippen molar-refractivity contribution in [3.63, 3.8) is 0 Å². The van der Waals surface area contributed by atoms with Gasteiger partial charge in [0.2, 0.25) is 0 Å². The number of hydrogen-bond donors (Lipinski definition) is 2. The maximum Gasteiger partial charge on any atom is 0.339 e. The van der Waals surface area contributed by atoms with Gasteiger partial charge in [-0.1, -0.05) is 70.8 Å². The largest absolute Gasteiger partial charge is 0.507 e. The molecule has 0 aliphatic carbocycles. The predicted molar refractivity (Wildman–Crippen MR) is 90.6 cm³/mol. The number of phenols is 1. The summed E-state index contributed by atoms with van der Waals surface area (Å²) in [5, 5.41) is 18.4. The number of unbranched alkanes of at least 4 members (excludes halogenated alkanes) is 9. The Kier molecular flexibility index (Phi) is 13.0. The summed E-state index contributed by atoms with van der Waals surface area (Å²) in [6.07, 6.45) is 13.9. The van der Waals surface area contributed by atoms with E-state index in [1.165, 1.54) is 63.9 Å². The summed E-state index contributed by atoms with van der Waals surface area (Å²) < 4.78 is 0. The van der Waals surface area contributed by atoms with Crippen LogP contribution in [-0.2, 0) is 25.9 Å². The Morgan fingerprint density at radius 1 is 0.913 bits per heavy atom. The molecule has 1 aromatic carbocycles. The van der Waals surface area contributed by atoms with Crippen LogP contribution in [0.2, 0.25) is 0 Å². The van der Waals surface area contributed by atoms with Gasteiger partial charge in [0.05, 0.1) is 0 Å². The second-order valence-electron chi connectivity index (χ2n) is 6.09. The van der Waals surface area contributed by atoms with Crippen LogP contribution >= 0.6 is 0 Å². The minimum absolute atomic E-state index is 0. The van der Waals surface area contributed by atoms with E-state index in [0.717, 1.165) is 18.4 Å². The van der Waals surface area contributed by atoms with Gasteiger partial charge in [-0.15, -0.1) is 0 Å². The summed E-state index contributed by atoms with van der Waals surface area (Å²) in [5.74, 6) is -1.22. The van der Waals surface area contributed by atoms with Crippen molar-refractivity contribution in [3.8, 4) is 5.75 Å². The molecule has 1 aromatic rings. The van der Waals surface area contributed by atoms with Crippen molar-refractivity contribution in [1.82, 2.24) is 0 Å². The van der Waals surface area contributed by atoms with E-state index in [9.17, 15) is 9.90 Å². The number of benzene rings is 1.